The van der Waals surface area contributed by atoms with E-state index in [1.165, 1.54) is 17.4 Å². The first-order chi connectivity index (χ1) is 6.25. The van der Waals surface area contributed by atoms with Crippen molar-refractivity contribution in [2.75, 3.05) is 0 Å². The predicted octanol–water partition coefficient (Wildman–Crippen LogP) is 2.65. The van der Waals surface area contributed by atoms with Gasteiger partial charge in [0.05, 0.1) is 10.6 Å². The first-order valence-electron chi connectivity index (χ1n) is 3.81. The molecule has 0 aliphatic heterocycles. The zero-order valence-corrected chi connectivity index (χ0v) is 7.81. The number of nitrogens with zero attached hydrogens (tertiary/aromatic N) is 2. The van der Waals surface area contributed by atoms with Gasteiger partial charge < -0.3 is 0 Å². The standard InChI is InChI=1S/C9H7FN2S/c1-6-11-7(5-9(10)12-6)8-3-2-4-13-8/h2-5H,1H3. The highest BCUT2D eigenvalue weighted by atomic mass is 32.1. The van der Waals surface area contributed by atoms with E-state index < -0.39 is 5.95 Å². The smallest absolute Gasteiger partial charge is 0.216 e. The van der Waals surface area contributed by atoms with Crippen LogP contribution in [0.3, 0.4) is 0 Å². The second kappa shape index (κ2) is 3.22. The maximum absolute atomic E-state index is 12.9. The Labute approximate surface area is 79.1 Å². The lowest BCUT2D eigenvalue weighted by Gasteiger charge is -1.97. The molecule has 0 unspecified atom stereocenters. The number of hydrogen-bond acceptors (Lipinski definition) is 3. The molecule has 0 saturated carbocycles. The molecule has 0 spiro atoms. The van der Waals surface area contributed by atoms with Crippen LogP contribution >= 0.6 is 11.3 Å². The van der Waals surface area contributed by atoms with E-state index in [2.05, 4.69) is 9.97 Å². The highest BCUT2D eigenvalue weighted by Gasteiger charge is 2.03. The summed E-state index contributed by atoms with van der Waals surface area (Å²) in [6, 6.07) is 5.17. The molecule has 0 aliphatic rings. The van der Waals surface area contributed by atoms with Crippen LogP contribution < -0.4 is 0 Å². The summed E-state index contributed by atoms with van der Waals surface area (Å²) in [5, 5.41) is 1.94. The first-order valence-corrected chi connectivity index (χ1v) is 4.69. The van der Waals surface area contributed by atoms with E-state index in [1.807, 2.05) is 17.5 Å². The lowest BCUT2D eigenvalue weighted by molar-refractivity contribution is 0.575. The van der Waals surface area contributed by atoms with Crippen LogP contribution in [-0.4, -0.2) is 9.97 Å². The summed E-state index contributed by atoms with van der Waals surface area (Å²) in [6.07, 6.45) is 0. The van der Waals surface area contributed by atoms with Crippen LogP contribution in [0.25, 0.3) is 10.6 Å². The Morgan fingerprint density at radius 1 is 1.38 bits per heavy atom. The van der Waals surface area contributed by atoms with Gasteiger partial charge in [0.1, 0.15) is 5.82 Å². The minimum absolute atomic E-state index is 0.461. The molecule has 13 heavy (non-hydrogen) atoms. The SMILES string of the molecule is Cc1nc(F)cc(-c2cccs2)n1. The van der Waals surface area contributed by atoms with Crippen molar-refractivity contribution in [1.29, 1.82) is 0 Å². The van der Waals surface area contributed by atoms with Crippen molar-refractivity contribution >= 4 is 11.3 Å². The quantitative estimate of drug-likeness (QED) is 0.652. The Morgan fingerprint density at radius 3 is 2.85 bits per heavy atom. The lowest BCUT2D eigenvalue weighted by atomic mass is 10.3. The average Bonchev–Trinajstić information content (AvgIpc) is 2.53. The highest BCUT2D eigenvalue weighted by molar-refractivity contribution is 7.13. The molecular formula is C9H7FN2S. The largest absolute Gasteiger partial charge is 0.232 e. The number of hydrogen-bond donors (Lipinski definition) is 0. The van der Waals surface area contributed by atoms with Crippen molar-refractivity contribution in [1.82, 2.24) is 9.97 Å². The van der Waals surface area contributed by atoms with Crippen molar-refractivity contribution in [3.8, 4) is 10.6 Å². The van der Waals surface area contributed by atoms with Crippen LogP contribution in [0.15, 0.2) is 23.6 Å². The molecule has 0 saturated heterocycles. The molecule has 2 aromatic heterocycles. The maximum atomic E-state index is 12.9. The average molecular weight is 194 g/mol. The molecule has 0 bridgehead atoms. The van der Waals surface area contributed by atoms with E-state index in [-0.39, 0.29) is 0 Å². The molecule has 0 radical (unpaired) electrons. The summed E-state index contributed by atoms with van der Waals surface area (Å²) in [6.45, 7) is 1.68. The van der Waals surface area contributed by atoms with Gasteiger partial charge in [-0.2, -0.15) is 4.39 Å². The molecule has 0 atom stereocenters. The Balaban J connectivity index is 2.53. The van der Waals surface area contributed by atoms with Crippen molar-refractivity contribution < 1.29 is 4.39 Å². The molecule has 2 nitrogen and oxygen atoms in total. The van der Waals surface area contributed by atoms with Crippen LogP contribution in [0.1, 0.15) is 5.82 Å². The second-order valence-corrected chi connectivity index (χ2v) is 3.55. The van der Waals surface area contributed by atoms with E-state index in [9.17, 15) is 4.39 Å². The summed E-state index contributed by atoms with van der Waals surface area (Å²) >= 11 is 1.54. The molecule has 0 amide bonds. The van der Waals surface area contributed by atoms with E-state index in [4.69, 9.17) is 0 Å². The number of thiophene rings is 1. The van der Waals surface area contributed by atoms with Gasteiger partial charge in [0.2, 0.25) is 5.95 Å². The van der Waals surface area contributed by atoms with Gasteiger partial charge in [-0.3, -0.25) is 0 Å². The van der Waals surface area contributed by atoms with Gasteiger partial charge in [-0.25, -0.2) is 9.97 Å². The first kappa shape index (κ1) is 8.31. The van der Waals surface area contributed by atoms with E-state index >= 15 is 0 Å². The predicted molar refractivity (Wildman–Crippen MR) is 50.0 cm³/mol. The van der Waals surface area contributed by atoms with Crippen LogP contribution in [0, 0.1) is 12.9 Å². The maximum Gasteiger partial charge on any atom is 0.216 e. The van der Waals surface area contributed by atoms with Gasteiger partial charge in [0.15, 0.2) is 0 Å². The van der Waals surface area contributed by atoms with Gasteiger partial charge in [0.25, 0.3) is 0 Å². The summed E-state index contributed by atoms with van der Waals surface area (Å²) in [5.41, 5.74) is 0.653. The zero-order chi connectivity index (χ0) is 9.26. The molecule has 2 aromatic rings. The number of rotatable bonds is 1. The molecule has 0 aromatic carbocycles. The van der Waals surface area contributed by atoms with Crippen molar-refractivity contribution in [3.05, 3.63) is 35.4 Å². The van der Waals surface area contributed by atoms with Crippen LogP contribution in [-0.2, 0) is 0 Å². The zero-order valence-electron chi connectivity index (χ0n) is 6.99. The van der Waals surface area contributed by atoms with Crippen molar-refractivity contribution in [3.63, 3.8) is 0 Å². The molecule has 0 fully saturated rings. The Bertz CT molecular complexity index is 391. The van der Waals surface area contributed by atoms with E-state index in [1.54, 1.807) is 6.92 Å². The molecule has 2 rings (SSSR count). The normalized spacial score (nSPS) is 10.3. The van der Waals surface area contributed by atoms with Gasteiger partial charge >= 0.3 is 0 Å². The third-order valence-corrected chi connectivity index (χ3v) is 2.47. The topological polar surface area (TPSA) is 25.8 Å². The van der Waals surface area contributed by atoms with E-state index in [0.717, 1.165) is 4.88 Å². The fourth-order valence-corrected chi connectivity index (χ4v) is 1.77. The molecule has 66 valence electrons. The van der Waals surface area contributed by atoms with Gasteiger partial charge in [0, 0.05) is 6.07 Å². The summed E-state index contributed by atoms with van der Waals surface area (Å²) in [4.78, 5) is 8.67. The Morgan fingerprint density at radius 2 is 2.23 bits per heavy atom. The Kier molecular flexibility index (Phi) is 2.06. The van der Waals surface area contributed by atoms with E-state index in [0.29, 0.717) is 11.5 Å². The fourth-order valence-electron chi connectivity index (χ4n) is 1.08. The van der Waals surface area contributed by atoms with Gasteiger partial charge in [-0.15, -0.1) is 11.3 Å². The van der Waals surface area contributed by atoms with Crippen molar-refractivity contribution in [2.45, 2.75) is 6.92 Å². The molecule has 0 aliphatic carbocycles. The third kappa shape index (κ3) is 1.72. The lowest BCUT2D eigenvalue weighted by Crippen LogP contribution is -1.93. The van der Waals surface area contributed by atoms with Gasteiger partial charge in [-0.05, 0) is 18.4 Å². The second-order valence-electron chi connectivity index (χ2n) is 2.60. The molecule has 4 heteroatoms. The minimum Gasteiger partial charge on any atom is -0.232 e. The summed E-state index contributed by atoms with van der Waals surface area (Å²) in [5.74, 6) is -0.0145. The van der Waals surface area contributed by atoms with Crippen LogP contribution in [0.2, 0.25) is 0 Å². The minimum atomic E-state index is -0.476. The number of aryl methyl sites for hydroxylation is 1. The molecular weight excluding hydrogens is 187 g/mol. The molecule has 0 N–H and O–H groups in total. The summed E-state index contributed by atoms with van der Waals surface area (Å²) < 4.78 is 12.9. The Hall–Kier alpha value is -1.29. The van der Waals surface area contributed by atoms with Crippen LogP contribution in [0.4, 0.5) is 4.39 Å². The fraction of sp³-hybridized carbons (Fsp3) is 0.111. The number of halogens is 1. The van der Waals surface area contributed by atoms with Crippen molar-refractivity contribution in [2.24, 2.45) is 0 Å². The number of aromatic nitrogens is 2. The molecule has 2 heterocycles. The highest BCUT2D eigenvalue weighted by Crippen LogP contribution is 2.22. The van der Waals surface area contributed by atoms with Crippen LogP contribution in [0.5, 0.6) is 0 Å². The summed E-state index contributed by atoms with van der Waals surface area (Å²) in [7, 11) is 0. The third-order valence-electron chi connectivity index (χ3n) is 1.58. The monoisotopic (exact) mass is 194 g/mol. The van der Waals surface area contributed by atoms with Gasteiger partial charge in [-0.1, -0.05) is 6.07 Å².